The fraction of sp³-hybridized carbons (Fsp3) is 0.789. The number of carboxylic acids is 1. The van der Waals surface area contributed by atoms with Crippen LogP contribution in [0.2, 0.25) is 0 Å². The van der Waals surface area contributed by atoms with E-state index in [-0.39, 0.29) is 23.8 Å². The second kappa shape index (κ2) is 11.6. The number of nitrogens with one attached hydrogen (secondary N) is 4. The predicted molar refractivity (Wildman–Crippen MR) is 104 cm³/mol. The highest BCUT2D eigenvalue weighted by Crippen LogP contribution is 2.13. The monoisotopic (exact) mass is 398 g/mol. The summed E-state index contributed by atoms with van der Waals surface area (Å²) < 4.78 is 0. The molecule has 1 fully saturated rings. The minimum absolute atomic E-state index is 0.120. The molecule has 0 radical (unpaired) electrons. The van der Waals surface area contributed by atoms with Gasteiger partial charge in [0.15, 0.2) is 0 Å². The molecule has 1 aliphatic rings. The lowest BCUT2D eigenvalue weighted by atomic mass is 9.94. The van der Waals surface area contributed by atoms with Crippen molar-refractivity contribution in [3.63, 3.8) is 0 Å². The van der Waals surface area contributed by atoms with E-state index in [2.05, 4.69) is 21.3 Å². The Bertz CT molecular complexity index is 563. The lowest BCUT2D eigenvalue weighted by Gasteiger charge is -2.29. The summed E-state index contributed by atoms with van der Waals surface area (Å²) in [4.78, 5) is 48.5. The topological polar surface area (TPSA) is 137 Å². The largest absolute Gasteiger partial charge is 0.480 e. The molecule has 9 nitrogen and oxygen atoms in total. The molecule has 0 aromatic carbocycles. The molecule has 5 N–H and O–H groups in total. The van der Waals surface area contributed by atoms with Crippen LogP contribution in [0.1, 0.15) is 53.4 Å². The number of carboxylic acid groups (broad SMARTS) is 1. The molecule has 0 aromatic rings. The molecule has 5 atom stereocenters. The van der Waals surface area contributed by atoms with Gasteiger partial charge in [-0.1, -0.05) is 40.5 Å². The van der Waals surface area contributed by atoms with Gasteiger partial charge in [0.2, 0.25) is 17.7 Å². The van der Waals surface area contributed by atoms with Gasteiger partial charge in [-0.2, -0.15) is 0 Å². The van der Waals surface area contributed by atoms with Gasteiger partial charge in [0, 0.05) is 0 Å². The van der Waals surface area contributed by atoms with Crippen molar-refractivity contribution in [3.05, 3.63) is 0 Å². The number of aliphatic carboxylic acids is 1. The second-order valence-electron chi connectivity index (χ2n) is 7.50. The van der Waals surface area contributed by atoms with Crippen LogP contribution >= 0.6 is 0 Å². The summed E-state index contributed by atoms with van der Waals surface area (Å²) in [5.74, 6) is -2.66. The Balaban J connectivity index is 2.86. The van der Waals surface area contributed by atoms with Crippen molar-refractivity contribution in [2.24, 2.45) is 11.8 Å². The van der Waals surface area contributed by atoms with Crippen LogP contribution in [0.5, 0.6) is 0 Å². The number of carbonyl (C=O) groups excluding carboxylic acids is 3. The molecule has 1 aliphatic heterocycles. The maximum atomic E-state index is 12.9. The Labute approximate surface area is 166 Å². The predicted octanol–water partition coefficient (Wildman–Crippen LogP) is 0.00100. The lowest BCUT2D eigenvalue weighted by Crippen LogP contribution is -2.59. The molecule has 9 heteroatoms. The fourth-order valence-electron chi connectivity index (χ4n) is 3.08. The third-order valence-corrected chi connectivity index (χ3v) is 5.38. The van der Waals surface area contributed by atoms with E-state index in [1.54, 1.807) is 0 Å². The highest BCUT2D eigenvalue weighted by molar-refractivity contribution is 5.94. The number of hydrogen-bond donors (Lipinski definition) is 5. The van der Waals surface area contributed by atoms with Gasteiger partial charge in [-0.15, -0.1) is 0 Å². The normalized spacial score (nSPS) is 20.5. The van der Waals surface area contributed by atoms with E-state index in [1.807, 2.05) is 27.7 Å². The fourth-order valence-corrected chi connectivity index (χ4v) is 3.08. The first-order chi connectivity index (χ1) is 13.2. The molecule has 28 heavy (non-hydrogen) atoms. The first-order valence-corrected chi connectivity index (χ1v) is 10.0. The SMILES string of the molecule is CCC(C)C(NC(=O)C1CCCN1)C(=O)NC(C(=O)NCC(=O)O)C(C)CC. The average molecular weight is 399 g/mol. The van der Waals surface area contributed by atoms with Crippen LogP contribution in [0.25, 0.3) is 0 Å². The van der Waals surface area contributed by atoms with Gasteiger partial charge in [0.1, 0.15) is 18.6 Å². The molecule has 1 rings (SSSR count). The van der Waals surface area contributed by atoms with E-state index in [4.69, 9.17) is 5.11 Å². The quantitative estimate of drug-likeness (QED) is 0.332. The number of amides is 3. The zero-order chi connectivity index (χ0) is 21.3. The summed E-state index contributed by atoms with van der Waals surface area (Å²) in [7, 11) is 0. The number of hydrogen-bond acceptors (Lipinski definition) is 5. The van der Waals surface area contributed by atoms with E-state index in [0.29, 0.717) is 12.8 Å². The molecular formula is C19H34N4O5. The molecular weight excluding hydrogens is 364 g/mol. The third-order valence-electron chi connectivity index (χ3n) is 5.38. The highest BCUT2D eigenvalue weighted by Gasteiger charge is 2.33. The van der Waals surface area contributed by atoms with E-state index >= 15 is 0 Å². The van der Waals surface area contributed by atoms with Crippen LogP contribution in [0.3, 0.4) is 0 Å². The van der Waals surface area contributed by atoms with Crippen molar-refractivity contribution in [3.8, 4) is 0 Å². The standard InChI is InChI=1S/C19H34N4O5/c1-5-11(3)15(18(27)21-10-14(24)25)23-19(28)16(12(4)6-2)22-17(26)13-8-7-9-20-13/h11-13,15-16,20H,5-10H2,1-4H3,(H,21,27)(H,22,26)(H,23,28)(H,24,25). The zero-order valence-electron chi connectivity index (χ0n) is 17.2. The highest BCUT2D eigenvalue weighted by atomic mass is 16.4. The van der Waals surface area contributed by atoms with E-state index in [1.165, 1.54) is 0 Å². The first-order valence-electron chi connectivity index (χ1n) is 10.0. The Morgan fingerprint density at radius 3 is 2.04 bits per heavy atom. The van der Waals surface area contributed by atoms with Gasteiger partial charge in [0.25, 0.3) is 0 Å². The Kier molecular flexibility index (Phi) is 9.92. The molecule has 5 unspecified atom stereocenters. The molecule has 0 bridgehead atoms. The van der Waals surface area contributed by atoms with Crippen LogP contribution in [0.4, 0.5) is 0 Å². The molecule has 1 saturated heterocycles. The first kappa shape index (κ1) is 23.9. The maximum Gasteiger partial charge on any atom is 0.322 e. The molecule has 0 spiro atoms. The van der Waals surface area contributed by atoms with Crippen LogP contribution in [0.15, 0.2) is 0 Å². The molecule has 160 valence electrons. The summed E-state index contributed by atoms with van der Waals surface area (Å²) in [5, 5.41) is 19.7. The summed E-state index contributed by atoms with van der Waals surface area (Å²) in [6, 6.07) is -1.94. The smallest absolute Gasteiger partial charge is 0.322 e. The van der Waals surface area contributed by atoms with Crippen molar-refractivity contribution in [2.45, 2.75) is 71.5 Å². The van der Waals surface area contributed by atoms with Crippen molar-refractivity contribution in [1.82, 2.24) is 21.3 Å². The van der Waals surface area contributed by atoms with E-state index in [0.717, 1.165) is 19.4 Å². The molecule has 3 amide bonds. The van der Waals surface area contributed by atoms with Gasteiger partial charge in [-0.25, -0.2) is 0 Å². The van der Waals surface area contributed by atoms with E-state index in [9.17, 15) is 19.2 Å². The number of rotatable bonds is 11. The van der Waals surface area contributed by atoms with Gasteiger partial charge in [-0.05, 0) is 31.2 Å². The Hall–Kier alpha value is -2.16. The summed E-state index contributed by atoms with van der Waals surface area (Å²) in [5.41, 5.74) is 0. The minimum Gasteiger partial charge on any atom is -0.480 e. The second-order valence-corrected chi connectivity index (χ2v) is 7.50. The molecule has 0 aromatic heterocycles. The molecule has 1 heterocycles. The van der Waals surface area contributed by atoms with Gasteiger partial charge >= 0.3 is 5.97 Å². The summed E-state index contributed by atoms with van der Waals surface area (Å²) in [6.45, 7) is 7.75. The minimum atomic E-state index is -1.16. The van der Waals surface area contributed by atoms with Gasteiger partial charge in [-0.3, -0.25) is 19.2 Å². The number of carbonyl (C=O) groups is 4. The molecule has 0 saturated carbocycles. The third kappa shape index (κ3) is 7.10. The van der Waals surface area contributed by atoms with Crippen molar-refractivity contribution >= 4 is 23.7 Å². The van der Waals surface area contributed by atoms with Crippen LogP contribution in [-0.4, -0.2) is 60.0 Å². The van der Waals surface area contributed by atoms with Crippen LogP contribution < -0.4 is 21.3 Å². The average Bonchev–Trinajstić information content (AvgIpc) is 3.21. The van der Waals surface area contributed by atoms with Crippen LogP contribution in [-0.2, 0) is 19.2 Å². The summed E-state index contributed by atoms with van der Waals surface area (Å²) >= 11 is 0. The summed E-state index contributed by atoms with van der Waals surface area (Å²) in [6.07, 6.45) is 2.94. The zero-order valence-corrected chi connectivity index (χ0v) is 17.2. The Morgan fingerprint density at radius 2 is 1.57 bits per heavy atom. The van der Waals surface area contributed by atoms with Gasteiger partial charge in [0.05, 0.1) is 6.04 Å². The van der Waals surface area contributed by atoms with Crippen molar-refractivity contribution in [2.75, 3.05) is 13.1 Å². The Morgan fingerprint density at radius 1 is 1.00 bits per heavy atom. The van der Waals surface area contributed by atoms with Gasteiger partial charge < -0.3 is 26.4 Å². The lowest BCUT2D eigenvalue weighted by molar-refractivity contribution is -0.139. The van der Waals surface area contributed by atoms with Crippen LogP contribution in [0, 0.1) is 11.8 Å². The maximum absolute atomic E-state index is 12.9. The van der Waals surface area contributed by atoms with Crippen molar-refractivity contribution < 1.29 is 24.3 Å². The van der Waals surface area contributed by atoms with Crippen molar-refractivity contribution in [1.29, 1.82) is 0 Å². The molecule has 0 aliphatic carbocycles. The van der Waals surface area contributed by atoms with E-state index < -0.39 is 36.4 Å².